The van der Waals surface area contributed by atoms with Gasteiger partial charge in [-0.1, -0.05) is 0 Å². The number of hydrogen-bond donors (Lipinski definition) is 2. The van der Waals surface area contributed by atoms with Crippen molar-refractivity contribution in [2.75, 3.05) is 6.61 Å². The molecule has 2 heterocycles. The van der Waals surface area contributed by atoms with E-state index in [0.717, 1.165) is 0 Å². The number of hydrogen-bond acceptors (Lipinski definition) is 5. The van der Waals surface area contributed by atoms with E-state index in [9.17, 15) is 14.7 Å². The van der Waals surface area contributed by atoms with Crippen LogP contribution in [0, 0.1) is 0 Å². The van der Waals surface area contributed by atoms with Crippen LogP contribution in [0.15, 0.2) is 33.4 Å². The van der Waals surface area contributed by atoms with Gasteiger partial charge < -0.3 is 14.6 Å². The maximum Gasteiger partial charge on any atom is 0.331 e. The molecule has 2 N–H and O–H groups in total. The third-order valence-electron chi connectivity index (χ3n) is 2.63. The lowest BCUT2D eigenvalue weighted by molar-refractivity contribution is 0.0591. The van der Waals surface area contributed by atoms with Crippen molar-refractivity contribution in [2.45, 2.75) is 32.6 Å². The predicted molar refractivity (Wildman–Crippen MR) is 66.4 cm³/mol. The Morgan fingerprint density at radius 2 is 2.32 bits per heavy atom. The van der Waals surface area contributed by atoms with E-state index >= 15 is 0 Å². The highest BCUT2D eigenvalue weighted by Crippen LogP contribution is 2.32. The summed E-state index contributed by atoms with van der Waals surface area (Å²) in [5.74, 6) is 0.845. The zero-order valence-electron chi connectivity index (χ0n) is 10.8. The molecule has 7 heteroatoms. The van der Waals surface area contributed by atoms with Crippen LogP contribution >= 0.6 is 0 Å². The van der Waals surface area contributed by atoms with Crippen LogP contribution in [0.1, 0.15) is 26.5 Å². The van der Waals surface area contributed by atoms with Crippen molar-refractivity contribution in [3.05, 3.63) is 44.6 Å². The summed E-state index contributed by atoms with van der Waals surface area (Å²) in [7, 11) is 0. The topological polar surface area (TPSA) is 93.5 Å². The molecule has 0 saturated heterocycles. The molecule has 1 aromatic heterocycles. The van der Waals surface area contributed by atoms with Crippen molar-refractivity contribution < 1.29 is 14.6 Å². The van der Waals surface area contributed by atoms with Crippen LogP contribution in [0.4, 0.5) is 0 Å². The molecule has 0 aliphatic carbocycles. The molecular weight excluding hydrogens is 252 g/mol. The van der Waals surface area contributed by atoms with Crippen molar-refractivity contribution in [1.29, 1.82) is 0 Å². The van der Waals surface area contributed by atoms with E-state index in [1.807, 2.05) is 13.8 Å². The number of aliphatic hydroxyl groups is 1. The van der Waals surface area contributed by atoms with Crippen LogP contribution in [0.25, 0.3) is 0 Å². The molecule has 1 aliphatic heterocycles. The Bertz CT molecular complexity index is 599. The van der Waals surface area contributed by atoms with Crippen molar-refractivity contribution in [2.24, 2.45) is 0 Å². The van der Waals surface area contributed by atoms with Gasteiger partial charge in [0.25, 0.3) is 5.56 Å². The lowest BCUT2D eigenvalue weighted by atomic mass is 10.3. The van der Waals surface area contributed by atoms with Crippen LogP contribution in [-0.2, 0) is 9.47 Å². The number of aromatic nitrogens is 2. The molecule has 0 saturated carbocycles. The first-order valence-electron chi connectivity index (χ1n) is 5.99. The fraction of sp³-hybridized carbons (Fsp3) is 0.500. The maximum atomic E-state index is 11.7. The van der Waals surface area contributed by atoms with E-state index < -0.39 is 17.5 Å². The zero-order chi connectivity index (χ0) is 14.0. The van der Waals surface area contributed by atoms with E-state index in [-0.39, 0.29) is 12.7 Å². The van der Waals surface area contributed by atoms with E-state index in [4.69, 9.17) is 9.47 Å². The van der Waals surface area contributed by atoms with Gasteiger partial charge in [0.15, 0.2) is 12.0 Å². The molecule has 1 aromatic rings. The van der Waals surface area contributed by atoms with Crippen molar-refractivity contribution in [3.8, 4) is 0 Å². The first-order valence-corrected chi connectivity index (χ1v) is 5.99. The van der Waals surface area contributed by atoms with Gasteiger partial charge in [-0.3, -0.25) is 14.3 Å². The Hall–Kier alpha value is -2.02. The number of ether oxygens (including phenoxy) is 2. The van der Waals surface area contributed by atoms with Crippen LogP contribution in [0.3, 0.4) is 0 Å². The summed E-state index contributed by atoms with van der Waals surface area (Å²) in [6.07, 6.45) is 1.03. The molecule has 0 amide bonds. The third-order valence-corrected chi connectivity index (χ3v) is 2.63. The van der Waals surface area contributed by atoms with E-state index in [1.54, 1.807) is 0 Å². The van der Waals surface area contributed by atoms with Gasteiger partial charge in [0.1, 0.15) is 12.4 Å². The molecule has 1 atom stereocenters. The highest BCUT2D eigenvalue weighted by Gasteiger charge is 2.29. The maximum absolute atomic E-state index is 11.7. The van der Waals surface area contributed by atoms with E-state index in [1.165, 1.54) is 16.8 Å². The molecule has 0 radical (unpaired) electrons. The van der Waals surface area contributed by atoms with Crippen LogP contribution in [0.5, 0.6) is 0 Å². The average Bonchev–Trinajstić information content (AvgIpc) is 2.71. The molecule has 0 unspecified atom stereocenters. The Kier molecular flexibility index (Phi) is 3.75. The van der Waals surface area contributed by atoms with Gasteiger partial charge in [-0.15, -0.1) is 0 Å². The minimum Gasteiger partial charge on any atom is -0.492 e. The summed E-state index contributed by atoms with van der Waals surface area (Å²) in [6.45, 7) is 3.43. The fourth-order valence-corrected chi connectivity index (χ4v) is 1.88. The summed E-state index contributed by atoms with van der Waals surface area (Å²) >= 11 is 0. The molecule has 2 rings (SSSR count). The summed E-state index contributed by atoms with van der Waals surface area (Å²) in [6, 6.07) is 1.24. The van der Waals surface area contributed by atoms with E-state index in [0.29, 0.717) is 17.9 Å². The van der Waals surface area contributed by atoms with Crippen LogP contribution in [-0.4, -0.2) is 27.4 Å². The third kappa shape index (κ3) is 2.87. The quantitative estimate of drug-likeness (QED) is 0.807. The molecule has 0 aromatic carbocycles. The van der Waals surface area contributed by atoms with Crippen molar-refractivity contribution in [3.63, 3.8) is 0 Å². The van der Waals surface area contributed by atoms with Gasteiger partial charge in [-0.25, -0.2) is 4.79 Å². The van der Waals surface area contributed by atoms with E-state index in [2.05, 4.69) is 4.98 Å². The highest BCUT2D eigenvalue weighted by molar-refractivity contribution is 5.09. The summed E-state index contributed by atoms with van der Waals surface area (Å²) in [4.78, 5) is 24.8. The Morgan fingerprint density at radius 3 is 2.89 bits per heavy atom. The number of aromatic amines is 1. The highest BCUT2D eigenvalue weighted by atomic mass is 16.6. The van der Waals surface area contributed by atoms with Gasteiger partial charge >= 0.3 is 5.69 Å². The molecule has 0 bridgehead atoms. The smallest absolute Gasteiger partial charge is 0.331 e. The van der Waals surface area contributed by atoms with Gasteiger partial charge in [-0.05, 0) is 13.8 Å². The number of nitrogens with one attached hydrogen (secondary N) is 1. The number of nitrogens with zero attached hydrogens (tertiary/aromatic N) is 1. The van der Waals surface area contributed by atoms with Gasteiger partial charge in [0.2, 0.25) is 0 Å². The molecule has 0 spiro atoms. The van der Waals surface area contributed by atoms with Gasteiger partial charge in [0.05, 0.1) is 12.5 Å². The molecule has 104 valence electrons. The lowest BCUT2D eigenvalue weighted by Crippen LogP contribution is -2.31. The van der Waals surface area contributed by atoms with Gasteiger partial charge in [-0.2, -0.15) is 0 Å². The van der Waals surface area contributed by atoms with Crippen LogP contribution in [0.2, 0.25) is 0 Å². The zero-order valence-corrected chi connectivity index (χ0v) is 10.8. The summed E-state index contributed by atoms with van der Waals surface area (Å²) in [5, 5.41) is 9.22. The Labute approximate surface area is 109 Å². The molecule has 19 heavy (non-hydrogen) atoms. The molecular formula is C12H16N2O5. The normalized spacial score (nSPS) is 18.8. The minimum absolute atomic E-state index is 0.0498. The second kappa shape index (κ2) is 5.31. The standard InChI is InChI=1S/C12H16N2O5/c1-7(2)18-8-5-11(19-9(8)6-15)14-4-3-10(16)13-12(14)17/h3-4,7,11,15H,5-6H2,1-2H3,(H,13,16,17)/t11-/m1/s1. The molecule has 1 aliphatic rings. The Balaban J connectivity index is 2.23. The fourth-order valence-electron chi connectivity index (χ4n) is 1.88. The molecule has 0 fully saturated rings. The second-order valence-electron chi connectivity index (χ2n) is 4.47. The number of rotatable bonds is 4. The van der Waals surface area contributed by atoms with Crippen LogP contribution < -0.4 is 11.2 Å². The summed E-state index contributed by atoms with van der Waals surface area (Å²) in [5.41, 5.74) is -1.02. The minimum atomic E-state index is -0.611. The predicted octanol–water partition coefficient (Wildman–Crippen LogP) is 0.0844. The first kappa shape index (κ1) is 13.4. The summed E-state index contributed by atoms with van der Waals surface area (Å²) < 4.78 is 12.3. The monoisotopic (exact) mass is 268 g/mol. The van der Waals surface area contributed by atoms with Gasteiger partial charge in [0, 0.05) is 12.3 Å². The number of aliphatic hydroxyl groups excluding tert-OH is 1. The average molecular weight is 268 g/mol. The first-order chi connectivity index (χ1) is 9.01. The SMILES string of the molecule is CC(C)OC1=C(CO)O[C@@H](n2ccc(=O)[nH]c2=O)C1. The molecule has 7 nitrogen and oxygen atoms in total. The largest absolute Gasteiger partial charge is 0.492 e. The number of H-pyrrole nitrogens is 1. The van der Waals surface area contributed by atoms with Crippen molar-refractivity contribution >= 4 is 0 Å². The Morgan fingerprint density at radius 1 is 1.58 bits per heavy atom. The van der Waals surface area contributed by atoms with Crippen molar-refractivity contribution in [1.82, 2.24) is 9.55 Å². The lowest BCUT2D eigenvalue weighted by Gasteiger charge is -2.14. The second-order valence-corrected chi connectivity index (χ2v) is 4.47.